The second kappa shape index (κ2) is 11.0. The highest BCUT2D eigenvalue weighted by atomic mass is 16.5. The SMILES string of the molecule is CC(C)[C@H]1COC(=O)c2cccc(c2)C(=O)OC[C@H](C(C)C)NC(=O)c2cccc(c2)C(=O)N1. The molecule has 0 saturated carbocycles. The molecule has 0 aromatic heterocycles. The van der Waals surface area contributed by atoms with Gasteiger partial charge in [-0.25, -0.2) is 9.59 Å². The molecule has 2 aromatic rings. The number of hydrogen-bond acceptors (Lipinski definition) is 6. The molecule has 2 amide bonds. The van der Waals surface area contributed by atoms with Gasteiger partial charge in [-0.1, -0.05) is 39.8 Å². The zero-order valence-corrected chi connectivity index (χ0v) is 19.8. The largest absolute Gasteiger partial charge is 0.460 e. The fourth-order valence-electron chi connectivity index (χ4n) is 3.38. The van der Waals surface area contributed by atoms with Crippen molar-refractivity contribution in [1.82, 2.24) is 10.6 Å². The van der Waals surface area contributed by atoms with E-state index in [0.717, 1.165) is 0 Å². The number of esters is 2. The van der Waals surface area contributed by atoms with E-state index >= 15 is 0 Å². The molecule has 0 saturated heterocycles. The lowest BCUT2D eigenvalue weighted by Gasteiger charge is -2.23. The van der Waals surface area contributed by atoms with Gasteiger partial charge in [0, 0.05) is 11.1 Å². The van der Waals surface area contributed by atoms with Crippen molar-refractivity contribution in [3.05, 3.63) is 70.8 Å². The van der Waals surface area contributed by atoms with Crippen molar-refractivity contribution in [2.24, 2.45) is 11.8 Å². The van der Waals surface area contributed by atoms with Crippen molar-refractivity contribution in [2.75, 3.05) is 13.2 Å². The molecule has 1 aliphatic rings. The summed E-state index contributed by atoms with van der Waals surface area (Å²) in [6.07, 6.45) is 0. The van der Waals surface area contributed by atoms with Crippen LogP contribution in [0, 0.1) is 11.8 Å². The molecule has 2 aromatic carbocycles. The molecular formula is C26H30N2O6. The Morgan fingerprint density at radius 1 is 0.647 bits per heavy atom. The topological polar surface area (TPSA) is 111 Å². The Labute approximate surface area is 199 Å². The number of rotatable bonds is 2. The molecule has 8 heteroatoms. The van der Waals surface area contributed by atoms with Crippen molar-refractivity contribution in [3.63, 3.8) is 0 Å². The van der Waals surface area contributed by atoms with Crippen molar-refractivity contribution in [3.8, 4) is 0 Å². The van der Waals surface area contributed by atoms with Gasteiger partial charge in [-0.15, -0.1) is 0 Å². The summed E-state index contributed by atoms with van der Waals surface area (Å²) in [4.78, 5) is 51.0. The van der Waals surface area contributed by atoms with E-state index in [2.05, 4.69) is 10.6 Å². The summed E-state index contributed by atoms with van der Waals surface area (Å²) in [5, 5.41) is 5.77. The maximum Gasteiger partial charge on any atom is 0.338 e. The minimum absolute atomic E-state index is 0.0260. The number of carbonyl (C=O) groups excluding carboxylic acids is 4. The predicted octanol–water partition coefficient (Wildman–Crippen LogP) is 3.22. The van der Waals surface area contributed by atoms with Gasteiger partial charge >= 0.3 is 11.9 Å². The molecule has 0 radical (unpaired) electrons. The average Bonchev–Trinajstić information content (AvgIpc) is 2.82. The monoisotopic (exact) mass is 466 g/mol. The number of carbonyl (C=O) groups is 4. The summed E-state index contributed by atoms with van der Waals surface area (Å²) in [6, 6.07) is 11.5. The van der Waals surface area contributed by atoms with Crippen molar-refractivity contribution in [1.29, 1.82) is 0 Å². The minimum Gasteiger partial charge on any atom is -0.460 e. The van der Waals surface area contributed by atoms with Gasteiger partial charge in [-0.2, -0.15) is 0 Å². The number of ether oxygens (including phenoxy) is 2. The van der Waals surface area contributed by atoms with E-state index in [1.807, 2.05) is 27.7 Å². The number of nitrogens with one attached hydrogen (secondary N) is 2. The lowest BCUT2D eigenvalue weighted by Crippen LogP contribution is -2.43. The van der Waals surface area contributed by atoms with Gasteiger partial charge in [0.05, 0.1) is 23.2 Å². The zero-order chi connectivity index (χ0) is 24.8. The van der Waals surface area contributed by atoms with Gasteiger partial charge in [0.1, 0.15) is 13.2 Å². The smallest absolute Gasteiger partial charge is 0.338 e. The Bertz CT molecular complexity index is 1000. The van der Waals surface area contributed by atoms with Crippen LogP contribution >= 0.6 is 0 Å². The molecule has 8 nitrogen and oxygen atoms in total. The van der Waals surface area contributed by atoms with Crippen LogP contribution in [0.4, 0.5) is 0 Å². The third-order valence-corrected chi connectivity index (χ3v) is 5.75. The molecule has 0 fully saturated rings. The summed E-state index contributed by atoms with van der Waals surface area (Å²) >= 11 is 0. The van der Waals surface area contributed by atoms with Crippen LogP contribution in [0.2, 0.25) is 0 Å². The van der Waals surface area contributed by atoms with E-state index in [1.165, 1.54) is 12.1 Å². The van der Waals surface area contributed by atoms with Crippen LogP contribution in [-0.4, -0.2) is 49.1 Å². The highest BCUT2D eigenvalue weighted by Crippen LogP contribution is 2.14. The van der Waals surface area contributed by atoms with E-state index in [0.29, 0.717) is 11.1 Å². The van der Waals surface area contributed by atoms with Crippen molar-refractivity contribution >= 4 is 23.8 Å². The average molecular weight is 467 g/mol. The molecule has 2 atom stereocenters. The van der Waals surface area contributed by atoms with Crippen LogP contribution in [0.3, 0.4) is 0 Å². The normalized spacial score (nSPS) is 20.1. The molecule has 3 rings (SSSR count). The van der Waals surface area contributed by atoms with Gasteiger partial charge in [0.25, 0.3) is 11.8 Å². The number of benzene rings is 2. The van der Waals surface area contributed by atoms with Gasteiger partial charge in [0.15, 0.2) is 0 Å². The van der Waals surface area contributed by atoms with Crippen molar-refractivity contribution < 1.29 is 28.7 Å². The Kier molecular flexibility index (Phi) is 8.04. The Morgan fingerprint density at radius 2 is 1.00 bits per heavy atom. The van der Waals surface area contributed by atoms with Crippen LogP contribution in [0.1, 0.15) is 69.1 Å². The first-order valence-electron chi connectivity index (χ1n) is 11.3. The second-order valence-electron chi connectivity index (χ2n) is 9.01. The molecular weight excluding hydrogens is 436 g/mol. The maximum atomic E-state index is 12.9. The fraction of sp³-hybridized carbons (Fsp3) is 0.385. The molecule has 0 aliphatic carbocycles. The molecule has 0 unspecified atom stereocenters. The summed E-state index contributed by atoms with van der Waals surface area (Å²) in [7, 11) is 0. The van der Waals surface area contributed by atoms with Gasteiger partial charge in [-0.05, 0) is 48.2 Å². The molecule has 0 spiro atoms. The predicted molar refractivity (Wildman–Crippen MR) is 126 cm³/mol. The minimum atomic E-state index is -0.606. The van der Waals surface area contributed by atoms with E-state index < -0.39 is 24.0 Å². The molecule has 180 valence electrons. The van der Waals surface area contributed by atoms with E-state index in [4.69, 9.17) is 9.47 Å². The Morgan fingerprint density at radius 3 is 1.38 bits per heavy atom. The highest BCUT2D eigenvalue weighted by molar-refractivity contribution is 6.00. The third-order valence-electron chi connectivity index (χ3n) is 5.75. The Balaban J connectivity index is 1.95. The van der Waals surface area contributed by atoms with E-state index in [-0.39, 0.29) is 48.0 Å². The lowest BCUT2D eigenvalue weighted by molar-refractivity contribution is 0.0426. The van der Waals surface area contributed by atoms with Crippen LogP contribution in [0.5, 0.6) is 0 Å². The second-order valence-corrected chi connectivity index (χ2v) is 9.01. The number of cyclic esters (lactones) is 2. The molecule has 34 heavy (non-hydrogen) atoms. The van der Waals surface area contributed by atoms with Crippen LogP contribution in [0.25, 0.3) is 0 Å². The number of fused-ring (bicyclic) bond motifs is 4. The van der Waals surface area contributed by atoms with Gasteiger partial charge < -0.3 is 20.1 Å². The Hall–Kier alpha value is -3.68. The first-order valence-corrected chi connectivity index (χ1v) is 11.3. The van der Waals surface area contributed by atoms with Crippen LogP contribution in [0.15, 0.2) is 48.5 Å². The van der Waals surface area contributed by atoms with Crippen molar-refractivity contribution in [2.45, 2.75) is 39.8 Å². The van der Waals surface area contributed by atoms with E-state index in [9.17, 15) is 19.2 Å². The molecule has 4 bridgehead atoms. The van der Waals surface area contributed by atoms with Crippen LogP contribution < -0.4 is 10.6 Å². The molecule has 2 N–H and O–H groups in total. The van der Waals surface area contributed by atoms with Gasteiger partial charge in [-0.3, -0.25) is 9.59 Å². The third kappa shape index (κ3) is 6.21. The molecule has 1 aliphatic heterocycles. The zero-order valence-electron chi connectivity index (χ0n) is 19.8. The first-order chi connectivity index (χ1) is 16.2. The summed E-state index contributed by atoms with van der Waals surface area (Å²) in [5.74, 6) is -2.01. The highest BCUT2D eigenvalue weighted by Gasteiger charge is 2.23. The number of amides is 2. The summed E-state index contributed by atoms with van der Waals surface area (Å²) < 4.78 is 10.9. The van der Waals surface area contributed by atoms with Crippen LogP contribution in [-0.2, 0) is 9.47 Å². The first kappa shape index (κ1) is 25.0. The van der Waals surface area contributed by atoms with Gasteiger partial charge in [0.2, 0.25) is 0 Å². The van der Waals surface area contributed by atoms with E-state index in [1.54, 1.807) is 36.4 Å². The summed E-state index contributed by atoms with van der Waals surface area (Å²) in [6.45, 7) is 7.50. The standard InChI is InChI=1S/C26H30N2O6/c1-15(2)21-13-33-25(31)19-9-6-10-20(12-19)26(32)34-14-22(16(3)4)28-24(30)18-8-5-7-17(11-18)23(29)27-21/h5-12,15-16,21-22H,13-14H2,1-4H3,(H,27,29)(H,28,30)/t21-,22-/m1/s1. The fourth-order valence-corrected chi connectivity index (χ4v) is 3.38. The quantitative estimate of drug-likeness (QED) is 0.658. The lowest BCUT2D eigenvalue weighted by atomic mass is 10.0. The number of hydrogen-bond donors (Lipinski definition) is 2. The molecule has 1 heterocycles. The maximum absolute atomic E-state index is 12.9. The summed E-state index contributed by atoms with van der Waals surface area (Å²) in [5.41, 5.74) is 1.02.